The summed E-state index contributed by atoms with van der Waals surface area (Å²) < 4.78 is 27.3. The maximum absolute atomic E-state index is 13.7. The first kappa shape index (κ1) is 18.9. The number of alkyl halides is 2. The molecule has 0 saturated carbocycles. The molecule has 2 amide bonds. The number of hydrogen-bond donors (Lipinski definition) is 2. The Labute approximate surface area is 155 Å². The number of hydrogen-bond acceptors (Lipinski definition) is 3. The fourth-order valence-corrected chi connectivity index (χ4v) is 3.40. The van der Waals surface area contributed by atoms with E-state index in [0.717, 1.165) is 21.2 Å². The minimum Gasteiger partial charge on any atom is -0.343 e. The van der Waals surface area contributed by atoms with E-state index in [1.54, 1.807) is 12.1 Å². The van der Waals surface area contributed by atoms with Crippen molar-refractivity contribution in [1.82, 2.24) is 10.2 Å². The molecule has 2 N–H and O–H groups in total. The van der Waals surface area contributed by atoms with Crippen LogP contribution in [0.1, 0.15) is 29.3 Å². The largest absolute Gasteiger partial charge is 0.343 e. The van der Waals surface area contributed by atoms with E-state index in [9.17, 15) is 18.4 Å². The van der Waals surface area contributed by atoms with Crippen LogP contribution in [0.4, 0.5) is 8.78 Å². The maximum atomic E-state index is 13.7. The van der Waals surface area contributed by atoms with Crippen molar-refractivity contribution in [1.29, 1.82) is 5.41 Å². The van der Waals surface area contributed by atoms with E-state index in [1.165, 1.54) is 6.92 Å². The highest BCUT2D eigenvalue weighted by atomic mass is 19.3. The van der Waals surface area contributed by atoms with Gasteiger partial charge in [0.05, 0.1) is 19.1 Å². The van der Waals surface area contributed by atoms with Gasteiger partial charge in [0.25, 0.3) is 11.8 Å². The summed E-state index contributed by atoms with van der Waals surface area (Å²) in [4.78, 5) is 25.9. The van der Waals surface area contributed by atoms with Crippen LogP contribution in [-0.4, -0.2) is 47.5 Å². The van der Waals surface area contributed by atoms with Crippen molar-refractivity contribution in [3.05, 3.63) is 47.5 Å². The second-order valence-corrected chi connectivity index (χ2v) is 6.99. The highest BCUT2D eigenvalue weighted by Crippen LogP contribution is 2.32. The van der Waals surface area contributed by atoms with Gasteiger partial charge in [0, 0.05) is 17.7 Å². The number of carbonyl (C=O) groups excluding carboxylic acids is 2. The number of amides is 2. The lowest BCUT2D eigenvalue weighted by molar-refractivity contribution is -0.131. The topological polar surface area (TPSA) is 73.3 Å². The van der Waals surface area contributed by atoms with Gasteiger partial charge in [-0.1, -0.05) is 35.9 Å². The van der Waals surface area contributed by atoms with Crippen LogP contribution in [0.15, 0.2) is 36.4 Å². The van der Waals surface area contributed by atoms with Gasteiger partial charge in [-0.05, 0) is 30.7 Å². The Bertz CT molecular complexity index is 927. The minimum absolute atomic E-state index is 0.0105. The highest BCUT2D eigenvalue weighted by molar-refractivity contribution is 6.08. The van der Waals surface area contributed by atoms with Crippen LogP contribution in [0, 0.1) is 12.3 Å². The predicted octanol–water partition coefficient (Wildman–Crippen LogP) is 3.15. The summed E-state index contributed by atoms with van der Waals surface area (Å²) in [5.74, 6) is -4.07. The molecular weight excluding hydrogens is 352 g/mol. The standard InChI is InChI=1S/C20H21F2N3O2/c1-12-6-7-14-4-3-5-15(16(14)8-12)19(27)24-10-18(26)25-11-20(21,22)9-17(25)13(2)23/h3-8,17,23H,9-11H2,1-2H3,(H,24,27)/t17-/m1/s1. The van der Waals surface area contributed by atoms with Gasteiger partial charge >= 0.3 is 0 Å². The molecular formula is C20H21F2N3O2. The number of nitrogens with zero attached hydrogens (tertiary/aromatic N) is 1. The number of likely N-dealkylation sites (tertiary alicyclic amines) is 1. The lowest BCUT2D eigenvalue weighted by Gasteiger charge is -2.23. The molecule has 27 heavy (non-hydrogen) atoms. The van der Waals surface area contributed by atoms with E-state index in [0.29, 0.717) is 5.56 Å². The van der Waals surface area contributed by atoms with E-state index in [-0.39, 0.29) is 12.3 Å². The molecule has 1 heterocycles. The molecule has 0 bridgehead atoms. The lowest BCUT2D eigenvalue weighted by Crippen LogP contribution is -2.45. The molecule has 1 aliphatic rings. The Hall–Kier alpha value is -2.83. The van der Waals surface area contributed by atoms with Crippen molar-refractivity contribution >= 4 is 28.3 Å². The van der Waals surface area contributed by atoms with Crippen LogP contribution in [0.25, 0.3) is 10.8 Å². The number of nitrogens with one attached hydrogen (secondary N) is 2. The smallest absolute Gasteiger partial charge is 0.267 e. The molecule has 0 spiro atoms. The first-order valence-electron chi connectivity index (χ1n) is 8.68. The number of halogens is 2. The van der Waals surface area contributed by atoms with Gasteiger partial charge in [0.15, 0.2) is 0 Å². The van der Waals surface area contributed by atoms with Crippen molar-refractivity contribution in [2.24, 2.45) is 0 Å². The molecule has 7 heteroatoms. The van der Waals surface area contributed by atoms with E-state index >= 15 is 0 Å². The monoisotopic (exact) mass is 373 g/mol. The summed E-state index contributed by atoms with van der Waals surface area (Å²) in [7, 11) is 0. The number of aryl methyl sites for hydroxylation is 1. The Morgan fingerprint density at radius 3 is 2.74 bits per heavy atom. The van der Waals surface area contributed by atoms with Gasteiger partial charge in [0.1, 0.15) is 0 Å². The van der Waals surface area contributed by atoms with Crippen LogP contribution < -0.4 is 5.32 Å². The van der Waals surface area contributed by atoms with Gasteiger partial charge in [-0.25, -0.2) is 8.78 Å². The Morgan fingerprint density at radius 2 is 2.04 bits per heavy atom. The van der Waals surface area contributed by atoms with Crippen LogP contribution >= 0.6 is 0 Å². The van der Waals surface area contributed by atoms with Gasteiger partial charge < -0.3 is 15.6 Å². The zero-order valence-electron chi connectivity index (χ0n) is 15.2. The molecule has 142 valence electrons. The normalized spacial score (nSPS) is 18.5. The second-order valence-electron chi connectivity index (χ2n) is 6.99. The Morgan fingerprint density at radius 1 is 1.30 bits per heavy atom. The van der Waals surface area contributed by atoms with Gasteiger partial charge in [-0.3, -0.25) is 9.59 Å². The minimum atomic E-state index is -3.01. The van der Waals surface area contributed by atoms with Crippen molar-refractivity contribution < 1.29 is 18.4 Å². The average molecular weight is 373 g/mol. The summed E-state index contributed by atoms with van der Waals surface area (Å²) >= 11 is 0. The van der Waals surface area contributed by atoms with Crippen molar-refractivity contribution in [2.75, 3.05) is 13.1 Å². The first-order valence-corrected chi connectivity index (χ1v) is 8.68. The summed E-state index contributed by atoms with van der Waals surface area (Å²) in [6, 6.07) is 10.1. The van der Waals surface area contributed by atoms with E-state index in [4.69, 9.17) is 5.41 Å². The van der Waals surface area contributed by atoms with Gasteiger partial charge in [-0.15, -0.1) is 0 Å². The summed E-state index contributed by atoms with van der Waals surface area (Å²) in [6.45, 7) is 2.21. The molecule has 1 saturated heterocycles. The maximum Gasteiger partial charge on any atom is 0.267 e. The SMILES string of the molecule is CC(=N)[C@H]1CC(F)(F)CN1C(=O)CNC(=O)c1cccc2ccc(C)cc12. The highest BCUT2D eigenvalue weighted by Gasteiger charge is 2.47. The molecule has 2 aromatic carbocycles. The van der Waals surface area contributed by atoms with Crippen molar-refractivity contribution in [3.63, 3.8) is 0 Å². The molecule has 1 fully saturated rings. The quantitative estimate of drug-likeness (QED) is 0.808. The molecule has 0 radical (unpaired) electrons. The lowest BCUT2D eigenvalue weighted by atomic mass is 10.0. The number of fused-ring (bicyclic) bond motifs is 1. The van der Waals surface area contributed by atoms with E-state index in [1.807, 2.05) is 31.2 Å². The molecule has 0 unspecified atom stereocenters. The summed E-state index contributed by atoms with van der Waals surface area (Å²) in [6.07, 6.45) is -0.551. The van der Waals surface area contributed by atoms with Crippen LogP contribution in [0.2, 0.25) is 0 Å². The number of benzene rings is 2. The molecule has 1 aliphatic heterocycles. The van der Waals surface area contributed by atoms with Crippen LogP contribution in [0.3, 0.4) is 0 Å². The molecule has 2 aromatic rings. The molecule has 5 nitrogen and oxygen atoms in total. The van der Waals surface area contributed by atoms with Crippen molar-refractivity contribution in [2.45, 2.75) is 32.2 Å². The van der Waals surface area contributed by atoms with Gasteiger partial charge in [0.2, 0.25) is 5.91 Å². The first-order chi connectivity index (χ1) is 12.7. The molecule has 0 aliphatic carbocycles. The van der Waals surface area contributed by atoms with E-state index < -0.39 is 36.7 Å². The third-order valence-corrected chi connectivity index (χ3v) is 4.77. The third kappa shape index (κ3) is 3.97. The molecule has 1 atom stereocenters. The number of carbonyl (C=O) groups is 2. The fraction of sp³-hybridized carbons (Fsp3) is 0.350. The summed E-state index contributed by atoms with van der Waals surface area (Å²) in [5.41, 5.74) is 1.44. The Balaban J connectivity index is 1.73. The van der Waals surface area contributed by atoms with Crippen molar-refractivity contribution in [3.8, 4) is 0 Å². The summed E-state index contributed by atoms with van der Waals surface area (Å²) in [5, 5.41) is 11.8. The zero-order chi connectivity index (χ0) is 19.8. The molecule has 3 rings (SSSR count). The number of rotatable bonds is 4. The third-order valence-electron chi connectivity index (χ3n) is 4.77. The second kappa shape index (κ2) is 7.06. The fourth-order valence-electron chi connectivity index (χ4n) is 3.40. The molecule has 0 aromatic heterocycles. The van der Waals surface area contributed by atoms with Crippen LogP contribution in [-0.2, 0) is 4.79 Å². The van der Waals surface area contributed by atoms with E-state index in [2.05, 4.69) is 5.32 Å². The average Bonchev–Trinajstić information content (AvgIpc) is 2.95. The van der Waals surface area contributed by atoms with Gasteiger partial charge in [-0.2, -0.15) is 0 Å². The Kier molecular flexibility index (Phi) is 4.95. The van der Waals surface area contributed by atoms with Crippen LogP contribution in [0.5, 0.6) is 0 Å². The predicted molar refractivity (Wildman–Crippen MR) is 99.5 cm³/mol. The zero-order valence-corrected chi connectivity index (χ0v) is 15.2.